The lowest BCUT2D eigenvalue weighted by Gasteiger charge is -2.06. The number of hydrogen-bond acceptors (Lipinski definition) is 4. The summed E-state index contributed by atoms with van der Waals surface area (Å²) in [5, 5.41) is 10.7. The van der Waals surface area contributed by atoms with Crippen LogP contribution in [0.3, 0.4) is 0 Å². The maximum Gasteiger partial charge on any atom is 0.350 e. The molecule has 1 aromatic heterocycles. The van der Waals surface area contributed by atoms with Crippen molar-refractivity contribution in [2.24, 2.45) is 0 Å². The van der Waals surface area contributed by atoms with E-state index >= 15 is 0 Å². The van der Waals surface area contributed by atoms with Crippen molar-refractivity contribution in [2.75, 3.05) is 0 Å². The highest BCUT2D eigenvalue weighted by Gasteiger charge is 2.15. The first-order chi connectivity index (χ1) is 9.38. The standard InChI is InChI=1S/C11H7ClFN3O4/c12-8-3-7(13)2-1-6(8)4-15-5-9(16(19)20)10(17)14-11(15)18/h1-3,5H,4H2,(H,14,17,18). The summed E-state index contributed by atoms with van der Waals surface area (Å²) in [5.74, 6) is -0.543. The highest BCUT2D eigenvalue weighted by Crippen LogP contribution is 2.18. The minimum Gasteiger partial charge on any atom is -0.289 e. The number of nitrogens with zero attached hydrogens (tertiary/aromatic N) is 2. The molecule has 104 valence electrons. The molecule has 2 aromatic rings. The first kappa shape index (κ1) is 13.9. The minimum atomic E-state index is -1.08. The summed E-state index contributed by atoms with van der Waals surface area (Å²) in [6, 6.07) is 3.55. The van der Waals surface area contributed by atoms with E-state index in [1.54, 1.807) is 0 Å². The van der Waals surface area contributed by atoms with Gasteiger partial charge in [-0.05, 0) is 17.7 Å². The van der Waals surface area contributed by atoms with Crippen molar-refractivity contribution in [3.05, 3.63) is 71.8 Å². The molecule has 0 atom stereocenters. The monoisotopic (exact) mass is 299 g/mol. The quantitative estimate of drug-likeness (QED) is 0.682. The fourth-order valence-electron chi connectivity index (χ4n) is 1.58. The van der Waals surface area contributed by atoms with Gasteiger partial charge in [-0.2, -0.15) is 0 Å². The molecule has 9 heteroatoms. The maximum atomic E-state index is 12.9. The molecule has 0 amide bonds. The average molecular weight is 300 g/mol. The van der Waals surface area contributed by atoms with Crippen molar-refractivity contribution in [2.45, 2.75) is 6.54 Å². The van der Waals surface area contributed by atoms with Crippen molar-refractivity contribution in [3.8, 4) is 0 Å². The predicted octanol–water partition coefficient (Wildman–Crippen LogP) is 1.29. The molecule has 7 nitrogen and oxygen atoms in total. The van der Waals surface area contributed by atoms with Gasteiger partial charge in [-0.1, -0.05) is 17.7 Å². The molecule has 1 aromatic carbocycles. The maximum absolute atomic E-state index is 12.9. The molecular weight excluding hydrogens is 293 g/mol. The molecule has 0 fully saturated rings. The molecule has 1 N–H and O–H groups in total. The Labute approximate surface area is 115 Å². The number of benzene rings is 1. The van der Waals surface area contributed by atoms with Gasteiger partial charge in [0.1, 0.15) is 5.82 Å². The van der Waals surface area contributed by atoms with E-state index in [0.29, 0.717) is 5.56 Å². The SMILES string of the molecule is O=c1[nH]c(=O)n(Cc2ccc(F)cc2Cl)cc1[N+](=O)[O-]. The predicted molar refractivity (Wildman–Crippen MR) is 68.5 cm³/mol. The average Bonchev–Trinajstić information content (AvgIpc) is 2.35. The van der Waals surface area contributed by atoms with Gasteiger partial charge >= 0.3 is 16.9 Å². The van der Waals surface area contributed by atoms with Gasteiger partial charge in [0.05, 0.1) is 17.7 Å². The normalized spacial score (nSPS) is 10.5. The van der Waals surface area contributed by atoms with Gasteiger partial charge in [-0.15, -0.1) is 0 Å². The number of rotatable bonds is 3. The first-order valence-corrected chi connectivity index (χ1v) is 5.68. The molecule has 0 radical (unpaired) electrons. The second kappa shape index (κ2) is 5.25. The topological polar surface area (TPSA) is 98.0 Å². The van der Waals surface area contributed by atoms with E-state index in [2.05, 4.69) is 0 Å². The molecule has 0 bridgehead atoms. The van der Waals surface area contributed by atoms with E-state index in [1.165, 1.54) is 6.07 Å². The van der Waals surface area contributed by atoms with Crippen LogP contribution in [0.5, 0.6) is 0 Å². The number of nitrogens with one attached hydrogen (secondary N) is 1. The van der Waals surface area contributed by atoms with Crippen molar-refractivity contribution < 1.29 is 9.31 Å². The van der Waals surface area contributed by atoms with Crippen LogP contribution in [0, 0.1) is 15.9 Å². The molecule has 2 rings (SSSR count). The Bertz CT molecular complexity index is 799. The second-order valence-electron chi connectivity index (χ2n) is 3.89. The largest absolute Gasteiger partial charge is 0.350 e. The highest BCUT2D eigenvalue weighted by atomic mass is 35.5. The van der Waals surface area contributed by atoms with Gasteiger partial charge in [-0.25, -0.2) is 9.18 Å². The lowest BCUT2D eigenvalue weighted by atomic mass is 10.2. The Morgan fingerprint density at radius 3 is 2.70 bits per heavy atom. The molecule has 0 saturated heterocycles. The van der Waals surface area contributed by atoms with Crippen LogP contribution in [-0.2, 0) is 6.54 Å². The van der Waals surface area contributed by atoms with E-state index in [1.807, 2.05) is 4.98 Å². The number of halogens is 2. The van der Waals surface area contributed by atoms with Crippen LogP contribution in [0.4, 0.5) is 10.1 Å². The van der Waals surface area contributed by atoms with Gasteiger partial charge < -0.3 is 0 Å². The molecule has 0 unspecified atom stereocenters. The zero-order chi connectivity index (χ0) is 14.9. The Morgan fingerprint density at radius 1 is 1.40 bits per heavy atom. The van der Waals surface area contributed by atoms with Crippen molar-refractivity contribution >= 4 is 17.3 Å². The number of aromatic amines is 1. The molecule has 0 aliphatic heterocycles. The zero-order valence-electron chi connectivity index (χ0n) is 9.80. The van der Waals surface area contributed by atoms with Crippen molar-refractivity contribution in [1.29, 1.82) is 0 Å². The van der Waals surface area contributed by atoms with Crippen LogP contribution in [0.15, 0.2) is 34.0 Å². The second-order valence-corrected chi connectivity index (χ2v) is 4.30. The fourth-order valence-corrected chi connectivity index (χ4v) is 1.81. The third-order valence-corrected chi connectivity index (χ3v) is 2.90. The summed E-state index contributed by atoms with van der Waals surface area (Å²) < 4.78 is 13.8. The van der Waals surface area contributed by atoms with Gasteiger partial charge in [0.15, 0.2) is 0 Å². The van der Waals surface area contributed by atoms with Crippen LogP contribution in [0.1, 0.15) is 5.56 Å². The van der Waals surface area contributed by atoms with Crippen molar-refractivity contribution in [3.63, 3.8) is 0 Å². The van der Waals surface area contributed by atoms with E-state index in [0.717, 1.165) is 22.9 Å². The fraction of sp³-hybridized carbons (Fsp3) is 0.0909. The summed E-state index contributed by atoms with van der Waals surface area (Å²) in [6.45, 7) is -0.129. The Hall–Kier alpha value is -2.48. The summed E-state index contributed by atoms with van der Waals surface area (Å²) in [5.41, 5.74) is -2.28. The molecular formula is C11H7ClFN3O4. The van der Waals surface area contributed by atoms with E-state index < -0.39 is 27.7 Å². The molecule has 20 heavy (non-hydrogen) atoms. The minimum absolute atomic E-state index is 0.0748. The van der Waals surface area contributed by atoms with Gasteiger partial charge in [-0.3, -0.25) is 24.5 Å². The van der Waals surface area contributed by atoms with Crippen LogP contribution in [-0.4, -0.2) is 14.5 Å². The first-order valence-electron chi connectivity index (χ1n) is 5.30. The molecule has 0 saturated carbocycles. The zero-order valence-corrected chi connectivity index (χ0v) is 10.6. The van der Waals surface area contributed by atoms with Gasteiger partial charge in [0, 0.05) is 5.02 Å². The number of hydrogen-bond donors (Lipinski definition) is 1. The number of nitro groups is 1. The lowest BCUT2D eigenvalue weighted by Crippen LogP contribution is -2.31. The van der Waals surface area contributed by atoms with E-state index in [-0.39, 0.29) is 11.6 Å². The van der Waals surface area contributed by atoms with Crippen LogP contribution in [0.25, 0.3) is 0 Å². The Kier molecular flexibility index (Phi) is 3.66. The third-order valence-electron chi connectivity index (χ3n) is 2.54. The Balaban J connectivity index is 2.48. The third kappa shape index (κ3) is 2.75. The number of H-pyrrole nitrogens is 1. The molecule has 1 heterocycles. The summed E-state index contributed by atoms with van der Waals surface area (Å²) >= 11 is 5.80. The summed E-state index contributed by atoms with van der Waals surface area (Å²) in [7, 11) is 0. The van der Waals surface area contributed by atoms with Gasteiger partial charge in [0.25, 0.3) is 0 Å². The molecule has 0 aliphatic rings. The smallest absolute Gasteiger partial charge is 0.289 e. The van der Waals surface area contributed by atoms with Crippen LogP contribution in [0.2, 0.25) is 5.02 Å². The van der Waals surface area contributed by atoms with E-state index in [4.69, 9.17) is 11.6 Å². The Morgan fingerprint density at radius 2 is 2.10 bits per heavy atom. The van der Waals surface area contributed by atoms with Crippen LogP contribution < -0.4 is 11.2 Å². The van der Waals surface area contributed by atoms with E-state index in [9.17, 15) is 24.1 Å². The summed E-state index contributed by atoms with van der Waals surface area (Å²) in [4.78, 5) is 34.4. The highest BCUT2D eigenvalue weighted by molar-refractivity contribution is 6.31. The molecule has 0 spiro atoms. The van der Waals surface area contributed by atoms with Crippen LogP contribution >= 0.6 is 11.6 Å². The molecule has 0 aliphatic carbocycles. The lowest BCUT2D eigenvalue weighted by molar-refractivity contribution is -0.386. The summed E-state index contributed by atoms with van der Waals surface area (Å²) in [6.07, 6.45) is 0.820. The van der Waals surface area contributed by atoms with Crippen molar-refractivity contribution in [1.82, 2.24) is 9.55 Å². The number of aromatic nitrogens is 2. The van der Waals surface area contributed by atoms with Gasteiger partial charge in [0.2, 0.25) is 0 Å².